The molecule has 126 valence electrons. The maximum absolute atomic E-state index is 12.8. The van der Waals surface area contributed by atoms with Gasteiger partial charge in [0, 0.05) is 19.6 Å². The summed E-state index contributed by atoms with van der Waals surface area (Å²) in [7, 11) is 0. The standard InChI is InChI=1S/C17H22FNO4/c1-2-21-15-7-8-23-17(9-15)11-19(12-17)16(20)10-22-14-5-3-13(18)4-6-14/h3-6,15H,2,7-12H2,1H3/t15-/m1/s1. The van der Waals surface area contributed by atoms with Gasteiger partial charge in [0.05, 0.1) is 19.2 Å². The number of ether oxygens (including phenoxy) is 3. The molecule has 2 saturated heterocycles. The van der Waals surface area contributed by atoms with E-state index in [0.29, 0.717) is 32.1 Å². The predicted octanol–water partition coefficient (Wildman–Crippen LogP) is 2.00. The van der Waals surface area contributed by atoms with Crippen LogP contribution < -0.4 is 4.74 Å². The van der Waals surface area contributed by atoms with Crippen molar-refractivity contribution < 1.29 is 23.4 Å². The molecule has 0 bridgehead atoms. The Bertz CT molecular complexity index is 540. The number of carbonyl (C=O) groups is 1. The highest BCUT2D eigenvalue weighted by atomic mass is 19.1. The quantitative estimate of drug-likeness (QED) is 0.831. The lowest BCUT2D eigenvalue weighted by Crippen LogP contribution is -2.67. The maximum Gasteiger partial charge on any atom is 0.260 e. The zero-order chi connectivity index (χ0) is 16.3. The highest BCUT2D eigenvalue weighted by molar-refractivity contribution is 5.79. The first-order valence-electron chi connectivity index (χ1n) is 8.02. The minimum Gasteiger partial charge on any atom is -0.484 e. The average molecular weight is 323 g/mol. The summed E-state index contributed by atoms with van der Waals surface area (Å²) in [6.45, 7) is 4.50. The summed E-state index contributed by atoms with van der Waals surface area (Å²) in [4.78, 5) is 13.9. The van der Waals surface area contributed by atoms with Gasteiger partial charge in [0.2, 0.25) is 0 Å². The summed E-state index contributed by atoms with van der Waals surface area (Å²) in [5, 5.41) is 0. The summed E-state index contributed by atoms with van der Waals surface area (Å²) in [6.07, 6.45) is 1.97. The molecule has 6 heteroatoms. The molecular formula is C17H22FNO4. The molecule has 5 nitrogen and oxygen atoms in total. The molecule has 0 unspecified atom stereocenters. The van der Waals surface area contributed by atoms with Crippen LogP contribution in [0.3, 0.4) is 0 Å². The number of nitrogens with zero attached hydrogens (tertiary/aromatic N) is 1. The summed E-state index contributed by atoms with van der Waals surface area (Å²) < 4.78 is 29.8. The Morgan fingerprint density at radius 3 is 2.83 bits per heavy atom. The molecule has 0 saturated carbocycles. The molecule has 0 N–H and O–H groups in total. The van der Waals surface area contributed by atoms with Crippen molar-refractivity contribution >= 4 is 5.91 Å². The third-order valence-corrected chi connectivity index (χ3v) is 4.34. The van der Waals surface area contributed by atoms with Gasteiger partial charge in [-0.1, -0.05) is 0 Å². The second-order valence-electron chi connectivity index (χ2n) is 6.09. The first kappa shape index (κ1) is 16.2. The van der Waals surface area contributed by atoms with Crippen molar-refractivity contribution in [3.8, 4) is 5.75 Å². The molecule has 2 heterocycles. The van der Waals surface area contributed by atoms with Crippen molar-refractivity contribution in [3.05, 3.63) is 30.1 Å². The molecule has 2 fully saturated rings. The van der Waals surface area contributed by atoms with E-state index in [2.05, 4.69) is 0 Å². The zero-order valence-electron chi connectivity index (χ0n) is 13.3. The molecule has 0 aromatic heterocycles. The van der Waals surface area contributed by atoms with Gasteiger partial charge in [-0.3, -0.25) is 4.79 Å². The fraction of sp³-hybridized carbons (Fsp3) is 0.588. The van der Waals surface area contributed by atoms with Crippen LogP contribution in [-0.2, 0) is 14.3 Å². The number of carbonyl (C=O) groups excluding carboxylic acids is 1. The lowest BCUT2D eigenvalue weighted by molar-refractivity contribution is -0.201. The molecule has 2 aliphatic heterocycles. The van der Waals surface area contributed by atoms with Crippen molar-refractivity contribution in [2.75, 3.05) is 32.9 Å². The van der Waals surface area contributed by atoms with Gasteiger partial charge in [-0.25, -0.2) is 4.39 Å². The van der Waals surface area contributed by atoms with Gasteiger partial charge >= 0.3 is 0 Å². The minimum atomic E-state index is -0.327. The van der Waals surface area contributed by atoms with Crippen molar-refractivity contribution in [2.24, 2.45) is 0 Å². The van der Waals surface area contributed by atoms with Gasteiger partial charge in [-0.15, -0.1) is 0 Å². The second kappa shape index (κ2) is 6.84. The summed E-state index contributed by atoms with van der Waals surface area (Å²) >= 11 is 0. The van der Waals surface area contributed by atoms with E-state index in [4.69, 9.17) is 14.2 Å². The van der Waals surface area contributed by atoms with Gasteiger partial charge in [-0.05, 0) is 37.6 Å². The van der Waals surface area contributed by atoms with Crippen LogP contribution >= 0.6 is 0 Å². The van der Waals surface area contributed by atoms with Gasteiger partial charge < -0.3 is 19.1 Å². The number of benzene rings is 1. The highest BCUT2D eigenvalue weighted by Crippen LogP contribution is 2.35. The van der Waals surface area contributed by atoms with Gasteiger partial charge in [0.1, 0.15) is 17.2 Å². The van der Waals surface area contributed by atoms with Crippen LogP contribution in [0, 0.1) is 5.82 Å². The van der Waals surface area contributed by atoms with Crippen molar-refractivity contribution in [1.29, 1.82) is 0 Å². The Morgan fingerprint density at radius 1 is 1.39 bits per heavy atom. The van der Waals surface area contributed by atoms with Crippen molar-refractivity contribution in [1.82, 2.24) is 4.90 Å². The van der Waals surface area contributed by atoms with Crippen LogP contribution in [-0.4, -0.2) is 55.4 Å². The van der Waals surface area contributed by atoms with E-state index in [1.54, 1.807) is 4.90 Å². The molecule has 1 atom stereocenters. The smallest absolute Gasteiger partial charge is 0.260 e. The number of halogens is 1. The Hall–Kier alpha value is -1.66. The maximum atomic E-state index is 12.8. The summed E-state index contributed by atoms with van der Waals surface area (Å²) in [5.74, 6) is 0.0778. The topological polar surface area (TPSA) is 48.0 Å². The monoisotopic (exact) mass is 323 g/mol. The number of likely N-dealkylation sites (tertiary alicyclic amines) is 1. The van der Waals surface area contributed by atoms with E-state index >= 15 is 0 Å². The van der Waals surface area contributed by atoms with Crippen LogP contribution in [0.15, 0.2) is 24.3 Å². The van der Waals surface area contributed by atoms with E-state index in [0.717, 1.165) is 12.8 Å². The average Bonchev–Trinajstić information content (AvgIpc) is 2.52. The van der Waals surface area contributed by atoms with Crippen LogP contribution in [0.25, 0.3) is 0 Å². The molecule has 0 radical (unpaired) electrons. The van der Waals surface area contributed by atoms with E-state index in [9.17, 15) is 9.18 Å². The normalized spacial score (nSPS) is 22.7. The number of hydrogen-bond donors (Lipinski definition) is 0. The summed E-state index contributed by atoms with van der Waals surface area (Å²) in [6, 6.07) is 5.64. The molecule has 0 aliphatic carbocycles. The summed E-state index contributed by atoms with van der Waals surface area (Å²) in [5.41, 5.74) is -0.246. The fourth-order valence-corrected chi connectivity index (χ4v) is 3.17. The fourth-order valence-electron chi connectivity index (χ4n) is 3.17. The van der Waals surface area contributed by atoms with Crippen LogP contribution in [0.1, 0.15) is 19.8 Å². The third-order valence-electron chi connectivity index (χ3n) is 4.34. The molecule has 1 aromatic carbocycles. The number of rotatable bonds is 5. The minimum absolute atomic E-state index is 0.0450. The van der Waals surface area contributed by atoms with Crippen molar-refractivity contribution in [3.63, 3.8) is 0 Å². The molecule has 1 aromatic rings. The predicted molar refractivity (Wildman–Crippen MR) is 81.8 cm³/mol. The number of hydrogen-bond acceptors (Lipinski definition) is 4. The SMILES string of the molecule is CCO[C@@H]1CCOC2(C1)CN(C(=O)COc1ccc(F)cc1)C2. The molecule has 2 aliphatic rings. The molecule has 3 rings (SSSR count). The van der Waals surface area contributed by atoms with E-state index in [1.165, 1.54) is 24.3 Å². The second-order valence-corrected chi connectivity index (χ2v) is 6.09. The molecule has 1 spiro atoms. The van der Waals surface area contributed by atoms with E-state index in [-0.39, 0.29) is 30.0 Å². The lowest BCUT2D eigenvalue weighted by Gasteiger charge is -2.52. The van der Waals surface area contributed by atoms with Crippen LogP contribution in [0.5, 0.6) is 5.75 Å². The van der Waals surface area contributed by atoms with Crippen LogP contribution in [0.4, 0.5) is 4.39 Å². The molecular weight excluding hydrogens is 301 g/mol. The van der Waals surface area contributed by atoms with Crippen LogP contribution in [0.2, 0.25) is 0 Å². The third kappa shape index (κ3) is 3.82. The van der Waals surface area contributed by atoms with E-state index < -0.39 is 0 Å². The largest absolute Gasteiger partial charge is 0.484 e. The molecule has 23 heavy (non-hydrogen) atoms. The Morgan fingerprint density at radius 2 is 2.13 bits per heavy atom. The highest BCUT2D eigenvalue weighted by Gasteiger charge is 2.49. The van der Waals surface area contributed by atoms with Crippen molar-refractivity contribution in [2.45, 2.75) is 31.5 Å². The Balaban J connectivity index is 1.45. The first-order valence-corrected chi connectivity index (χ1v) is 8.02. The Labute approximate surface area is 135 Å². The van der Waals surface area contributed by atoms with Gasteiger partial charge in [-0.2, -0.15) is 0 Å². The van der Waals surface area contributed by atoms with Gasteiger partial charge in [0.15, 0.2) is 6.61 Å². The van der Waals surface area contributed by atoms with Gasteiger partial charge in [0.25, 0.3) is 5.91 Å². The van der Waals surface area contributed by atoms with E-state index in [1.807, 2.05) is 6.92 Å². The first-order chi connectivity index (χ1) is 11.1. The number of amides is 1. The Kier molecular flexibility index (Phi) is 4.82. The zero-order valence-corrected chi connectivity index (χ0v) is 13.3. The lowest BCUT2D eigenvalue weighted by atomic mass is 9.84. The molecule has 1 amide bonds.